The summed E-state index contributed by atoms with van der Waals surface area (Å²) in [5, 5.41) is 5.66. The summed E-state index contributed by atoms with van der Waals surface area (Å²) in [6, 6.07) is 9.71. The van der Waals surface area contributed by atoms with E-state index in [2.05, 4.69) is 20.6 Å². The lowest BCUT2D eigenvalue weighted by Gasteiger charge is -2.07. The van der Waals surface area contributed by atoms with E-state index in [0.29, 0.717) is 18.2 Å². The van der Waals surface area contributed by atoms with Crippen LogP contribution in [0.15, 0.2) is 42.7 Å². The number of aromatic nitrogens is 2. The van der Waals surface area contributed by atoms with Crippen molar-refractivity contribution in [1.82, 2.24) is 15.3 Å². The molecule has 0 saturated carbocycles. The van der Waals surface area contributed by atoms with Crippen LogP contribution in [0.5, 0.6) is 0 Å². The summed E-state index contributed by atoms with van der Waals surface area (Å²) in [5.41, 5.74) is 6.54. The number of rotatable bonds is 5. The highest BCUT2D eigenvalue weighted by atomic mass is 16.1. The fourth-order valence-electron chi connectivity index (χ4n) is 1.50. The number of nitrogens with two attached hydrogens (primary N) is 1. The predicted octanol–water partition coefficient (Wildman–Crippen LogP) is 0.787. The fourth-order valence-corrected chi connectivity index (χ4v) is 1.50. The fraction of sp³-hybridized carbons (Fsp3) is 0.154. The maximum atomic E-state index is 11.6. The molecule has 0 bridgehead atoms. The lowest BCUT2D eigenvalue weighted by molar-refractivity contribution is -0.119. The third kappa shape index (κ3) is 4.27. The summed E-state index contributed by atoms with van der Waals surface area (Å²) in [4.78, 5) is 19.5. The quantitative estimate of drug-likeness (QED) is 0.736. The zero-order chi connectivity index (χ0) is 13.5. The molecule has 19 heavy (non-hydrogen) atoms. The Morgan fingerprint density at radius 3 is 2.74 bits per heavy atom. The van der Waals surface area contributed by atoms with Crippen LogP contribution in [0, 0.1) is 0 Å². The first-order valence-corrected chi connectivity index (χ1v) is 5.86. The van der Waals surface area contributed by atoms with E-state index in [4.69, 9.17) is 5.73 Å². The second-order valence-electron chi connectivity index (χ2n) is 3.95. The van der Waals surface area contributed by atoms with Crippen molar-refractivity contribution < 1.29 is 4.79 Å². The van der Waals surface area contributed by atoms with Crippen LogP contribution in [0.2, 0.25) is 0 Å². The van der Waals surface area contributed by atoms with Gasteiger partial charge in [-0.05, 0) is 5.56 Å². The average Bonchev–Trinajstić information content (AvgIpc) is 2.44. The van der Waals surface area contributed by atoms with E-state index in [1.807, 2.05) is 30.3 Å². The van der Waals surface area contributed by atoms with Crippen LogP contribution in [0.25, 0.3) is 0 Å². The van der Waals surface area contributed by atoms with Crippen molar-refractivity contribution in [3.8, 4) is 0 Å². The van der Waals surface area contributed by atoms with E-state index >= 15 is 0 Å². The van der Waals surface area contributed by atoms with E-state index in [9.17, 15) is 4.79 Å². The molecule has 0 saturated heterocycles. The van der Waals surface area contributed by atoms with Crippen LogP contribution in [0.4, 0.5) is 11.6 Å². The maximum Gasteiger partial charge on any atom is 0.239 e. The Bertz CT molecular complexity index is 544. The third-order valence-corrected chi connectivity index (χ3v) is 2.42. The van der Waals surface area contributed by atoms with Crippen LogP contribution in [0.3, 0.4) is 0 Å². The Hall–Kier alpha value is -2.63. The molecule has 4 N–H and O–H groups in total. The molecule has 0 atom stereocenters. The van der Waals surface area contributed by atoms with E-state index in [0.717, 1.165) is 5.56 Å². The first kappa shape index (κ1) is 12.8. The molecule has 0 radical (unpaired) electrons. The topological polar surface area (TPSA) is 92.9 Å². The molecule has 6 nitrogen and oxygen atoms in total. The summed E-state index contributed by atoms with van der Waals surface area (Å²) in [5.74, 6) is 0.678. The summed E-state index contributed by atoms with van der Waals surface area (Å²) >= 11 is 0. The number of nitrogens with one attached hydrogen (secondary N) is 2. The molecule has 1 amide bonds. The van der Waals surface area contributed by atoms with Gasteiger partial charge in [0.25, 0.3) is 0 Å². The Labute approximate surface area is 111 Å². The molecule has 0 unspecified atom stereocenters. The molecular formula is C13H15N5O. The minimum atomic E-state index is -0.118. The molecule has 0 fully saturated rings. The van der Waals surface area contributed by atoms with Crippen LogP contribution in [0.1, 0.15) is 5.56 Å². The smallest absolute Gasteiger partial charge is 0.239 e. The molecule has 0 aliphatic rings. The molecule has 1 aromatic carbocycles. The minimum absolute atomic E-state index is 0.118. The monoisotopic (exact) mass is 257 g/mol. The van der Waals surface area contributed by atoms with Gasteiger partial charge in [0.1, 0.15) is 11.6 Å². The molecule has 2 aromatic rings. The lowest BCUT2D eigenvalue weighted by atomic mass is 10.2. The first-order chi connectivity index (χ1) is 9.24. The van der Waals surface area contributed by atoms with Gasteiger partial charge in [-0.2, -0.15) is 0 Å². The van der Waals surface area contributed by atoms with Crippen molar-refractivity contribution in [3.63, 3.8) is 0 Å². The zero-order valence-corrected chi connectivity index (χ0v) is 10.3. The van der Waals surface area contributed by atoms with Crippen molar-refractivity contribution >= 4 is 17.5 Å². The van der Waals surface area contributed by atoms with Crippen molar-refractivity contribution in [2.45, 2.75) is 6.54 Å². The Balaban J connectivity index is 1.76. The Kier molecular flexibility index (Phi) is 4.28. The highest BCUT2D eigenvalue weighted by molar-refractivity contribution is 5.80. The number of amides is 1. The molecule has 98 valence electrons. The van der Waals surface area contributed by atoms with Crippen LogP contribution >= 0.6 is 0 Å². The van der Waals surface area contributed by atoms with Crippen molar-refractivity contribution in [2.24, 2.45) is 0 Å². The lowest BCUT2D eigenvalue weighted by Crippen LogP contribution is -2.29. The SMILES string of the molecule is Nc1cncc(NCC(=O)NCc2ccccc2)n1. The maximum absolute atomic E-state index is 11.6. The molecule has 1 heterocycles. The van der Waals surface area contributed by atoms with Gasteiger partial charge in [-0.15, -0.1) is 0 Å². The number of hydrogen-bond donors (Lipinski definition) is 3. The van der Waals surface area contributed by atoms with Gasteiger partial charge < -0.3 is 16.4 Å². The van der Waals surface area contributed by atoms with Crippen molar-refractivity contribution in [2.75, 3.05) is 17.6 Å². The van der Waals surface area contributed by atoms with Gasteiger partial charge in [0, 0.05) is 6.54 Å². The zero-order valence-electron chi connectivity index (χ0n) is 10.3. The van der Waals surface area contributed by atoms with E-state index in [1.54, 1.807) is 0 Å². The number of carbonyl (C=O) groups excluding carboxylic acids is 1. The number of nitrogen functional groups attached to an aromatic ring is 1. The molecule has 1 aromatic heterocycles. The molecule has 2 rings (SSSR count). The molecular weight excluding hydrogens is 242 g/mol. The first-order valence-electron chi connectivity index (χ1n) is 5.86. The third-order valence-electron chi connectivity index (χ3n) is 2.42. The molecule has 0 aliphatic heterocycles. The van der Waals surface area contributed by atoms with E-state index in [1.165, 1.54) is 12.4 Å². The van der Waals surface area contributed by atoms with Crippen molar-refractivity contribution in [3.05, 3.63) is 48.3 Å². The van der Waals surface area contributed by atoms with Gasteiger partial charge in [0.05, 0.1) is 18.9 Å². The van der Waals surface area contributed by atoms with Crippen molar-refractivity contribution in [1.29, 1.82) is 0 Å². The number of benzene rings is 1. The van der Waals surface area contributed by atoms with E-state index in [-0.39, 0.29) is 12.5 Å². The normalized spacial score (nSPS) is 9.89. The molecule has 0 spiro atoms. The minimum Gasteiger partial charge on any atom is -0.382 e. The van der Waals surface area contributed by atoms with Crippen LogP contribution in [-0.2, 0) is 11.3 Å². The summed E-state index contributed by atoms with van der Waals surface area (Å²) in [7, 11) is 0. The Morgan fingerprint density at radius 1 is 1.21 bits per heavy atom. The van der Waals surface area contributed by atoms with Gasteiger partial charge in [-0.25, -0.2) is 4.98 Å². The average molecular weight is 257 g/mol. The van der Waals surface area contributed by atoms with Gasteiger partial charge in [0.2, 0.25) is 5.91 Å². The van der Waals surface area contributed by atoms with Gasteiger partial charge in [-0.3, -0.25) is 9.78 Å². The number of carbonyl (C=O) groups is 1. The summed E-state index contributed by atoms with van der Waals surface area (Å²) in [6.07, 6.45) is 2.96. The molecule has 6 heteroatoms. The van der Waals surface area contributed by atoms with Gasteiger partial charge >= 0.3 is 0 Å². The highest BCUT2D eigenvalue weighted by Gasteiger charge is 2.02. The second-order valence-corrected chi connectivity index (χ2v) is 3.95. The number of nitrogens with zero attached hydrogens (tertiary/aromatic N) is 2. The Morgan fingerprint density at radius 2 is 2.00 bits per heavy atom. The summed E-state index contributed by atoms with van der Waals surface area (Å²) in [6.45, 7) is 0.634. The van der Waals surface area contributed by atoms with E-state index < -0.39 is 0 Å². The standard InChI is InChI=1S/C13H15N5O/c14-11-7-15-8-12(18-11)16-9-13(19)17-6-10-4-2-1-3-5-10/h1-5,7-8H,6,9H2,(H,17,19)(H3,14,16,18). The molecule has 0 aliphatic carbocycles. The predicted molar refractivity (Wildman–Crippen MR) is 73.2 cm³/mol. The van der Waals surface area contributed by atoms with Gasteiger partial charge in [0.15, 0.2) is 0 Å². The largest absolute Gasteiger partial charge is 0.382 e. The highest BCUT2D eigenvalue weighted by Crippen LogP contribution is 2.02. The number of anilines is 2. The van der Waals surface area contributed by atoms with Crippen LogP contribution < -0.4 is 16.4 Å². The summed E-state index contributed by atoms with van der Waals surface area (Å²) < 4.78 is 0. The second kappa shape index (κ2) is 6.34. The number of hydrogen-bond acceptors (Lipinski definition) is 5. The van der Waals surface area contributed by atoms with Gasteiger partial charge in [-0.1, -0.05) is 30.3 Å². The van der Waals surface area contributed by atoms with Crippen LogP contribution in [-0.4, -0.2) is 22.4 Å².